The van der Waals surface area contributed by atoms with Gasteiger partial charge in [0.2, 0.25) is 17.7 Å². The van der Waals surface area contributed by atoms with Crippen LogP contribution in [0.1, 0.15) is 61.8 Å². The number of rotatable bonds is 19. The topological polar surface area (TPSA) is 162 Å². The number of fused-ring (bicyclic) bond motifs is 1. The minimum Gasteiger partial charge on any atom is -0.445 e. The van der Waals surface area contributed by atoms with Gasteiger partial charge in [0.25, 0.3) is 0 Å². The van der Waals surface area contributed by atoms with Gasteiger partial charge in [0.1, 0.15) is 18.7 Å². The molecule has 0 radical (unpaired) electrons. The molecule has 2 heterocycles. The van der Waals surface area contributed by atoms with Gasteiger partial charge in [-0.2, -0.15) is 0 Å². The first-order valence-corrected chi connectivity index (χ1v) is 21.3. The molecule has 0 saturated carbocycles. The highest BCUT2D eigenvalue weighted by molar-refractivity contribution is 5.93. The van der Waals surface area contributed by atoms with E-state index in [1.54, 1.807) is 18.5 Å². The molecule has 320 valence electrons. The number of alkyl carbamates (subject to hydrolysis) is 1. The predicted octanol–water partition coefficient (Wildman–Crippen LogP) is 5.86. The Morgan fingerprint density at radius 1 is 0.738 bits per heavy atom. The SMILES string of the molecule is CC(C)C[C@H](NC(=O)C(Cc1cccnc1)NC(=O)[C@H](Cc1cccc2ccccc12)NC(=O)OCc1ccccc1)[C@@H](O)CC(=O)NC1CCN(Cc2ccccc2)CC1. The number of aliphatic hydroxyl groups excluding tert-OH is 1. The third kappa shape index (κ3) is 14.0. The molecule has 4 atom stereocenters. The molecule has 5 aromatic rings. The van der Waals surface area contributed by atoms with Crippen LogP contribution in [0.15, 0.2) is 128 Å². The van der Waals surface area contributed by atoms with Crippen LogP contribution in [-0.4, -0.2) is 82.2 Å². The highest BCUT2D eigenvalue weighted by Gasteiger charge is 2.32. The van der Waals surface area contributed by atoms with Crippen LogP contribution < -0.4 is 21.3 Å². The van der Waals surface area contributed by atoms with E-state index < -0.39 is 42.1 Å². The first kappa shape index (κ1) is 44.4. The number of hydrogen-bond acceptors (Lipinski definition) is 8. The van der Waals surface area contributed by atoms with E-state index in [1.165, 1.54) is 5.56 Å². The summed E-state index contributed by atoms with van der Waals surface area (Å²) in [5, 5.41) is 25.2. The van der Waals surface area contributed by atoms with Crippen LogP contribution >= 0.6 is 0 Å². The minimum absolute atomic E-state index is 0.00464. The zero-order chi connectivity index (χ0) is 43.0. The van der Waals surface area contributed by atoms with Gasteiger partial charge in [-0.15, -0.1) is 0 Å². The lowest BCUT2D eigenvalue weighted by molar-refractivity contribution is -0.131. The smallest absolute Gasteiger partial charge is 0.408 e. The number of likely N-dealkylation sites (tertiary alicyclic amines) is 1. The van der Waals surface area contributed by atoms with Crippen LogP contribution in [0.5, 0.6) is 0 Å². The molecule has 5 N–H and O–H groups in total. The minimum atomic E-state index is -1.18. The van der Waals surface area contributed by atoms with Crippen molar-refractivity contribution in [3.63, 3.8) is 0 Å². The number of hydrogen-bond donors (Lipinski definition) is 5. The van der Waals surface area contributed by atoms with E-state index in [1.807, 2.05) is 111 Å². The van der Waals surface area contributed by atoms with Crippen molar-refractivity contribution >= 4 is 34.6 Å². The number of ether oxygens (including phenoxy) is 1. The summed E-state index contributed by atoms with van der Waals surface area (Å²) in [5.41, 5.74) is 3.56. The van der Waals surface area contributed by atoms with Crippen LogP contribution in [0.2, 0.25) is 0 Å². The third-order valence-corrected chi connectivity index (χ3v) is 11.0. The summed E-state index contributed by atoms with van der Waals surface area (Å²) in [5.74, 6) is -1.34. The normalized spacial score (nSPS) is 15.3. The van der Waals surface area contributed by atoms with Gasteiger partial charge in [-0.25, -0.2) is 4.79 Å². The van der Waals surface area contributed by atoms with Crippen LogP contribution in [-0.2, 0) is 45.1 Å². The van der Waals surface area contributed by atoms with Gasteiger partial charge in [0.15, 0.2) is 0 Å². The van der Waals surface area contributed by atoms with E-state index in [-0.39, 0.29) is 43.7 Å². The van der Waals surface area contributed by atoms with Crippen molar-refractivity contribution in [3.05, 3.63) is 150 Å². The van der Waals surface area contributed by atoms with E-state index in [2.05, 4.69) is 43.3 Å². The molecular formula is C49H58N6O6. The summed E-state index contributed by atoms with van der Waals surface area (Å²) in [6.07, 6.45) is 3.28. The van der Waals surface area contributed by atoms with Crippen LogP contribution in [0.4, 0.5) is 4.79 Å². The van der Waals surface area contributed by atoms with E-state index in [9.17, 15) is 24.3 Å². The molecular weight excluding hydrogens is 769 g/mol. The molecule has 1 fully saturated rings. The Morgan fingerprint density at radius 2 is 1.38 bits per heavy atom. The standard InChI is InChI=1S/C49H58N6O6/c1-34(2)27-42(45(56)30-46(57)51-40-22-25-55(26-23-40)32-35-13-5-3-6-14-35)52-47(58)43(28-37-17-12-24-50-31-37)53-48(59)44(54-49(60)61-33-36-15-7-4-8-16-36)29-39-20-11-19-38-18-9-10-21-41(38)39/h3-21,24,31,34,40,42-45,56H,22-23,25-30,32-33H2,1-2H3,(H,51,57)(H,52,58)(H,53,59)(H,54,60)/t42-,43?,44-,45-/m0/s1. The van der Waals surface area contributed by atoms with Crippen molar-refractivity contribution < 1.29 is 29.0 Å². The second kappa shape index (κ2) is 22.5. The summed E-state index contributed by atoms with van der Waals surface area (Å²) in [6, 6.07) is 33.6. The van der Waals surface area contributed by atoms with E-state index in [4.69, 9.17) is 4.74 Å². The Kier molecular flexibility index (Phi) is 16.4. The maximum atomic E-state index is 14.4. The predicted molar refractivity (Wildman–Crippen MR) is 236 cm³/mol. The van der Waals surface area contributed by atoms with E-state index >= 15 is 0 Å². The van der Waals surface area contributed by atoms with Gasteiger partial charge in [0.05, 0.1) is 18.6 Å². The number of nitrogens with one attached hydrogen (secondary N) is 4. The highest BCUT2D eigenvalue weighted by Crippen LogP contribution is 2.21. The average Bonchev–Trinajstić information content (AvgIpc) is 3.26. The van der Waals surface area contributed by atoms with Crippen molar-refractivity contribution in [3.8, 4) is 0 Å². The molecule has 6 rings (SSSR count). The Labute approximate surface area is 358 Å². The maximum Gasteiger partial charge on any atom is 0.408 e. The number of nitrogens with zero attached hydrogens (tertiary/aromatic N) is 2. The molecule has 1 aromatic heterocycles. The number of pyridine rings is 1. The average molecular weight is 827 g/mol. The molecule has 0 spiro atoms. The van der Waals surface area contributed by atoms with E-state index in [0.717, 1.165) is 54.4 Å². The zero-order valence-corrected chi connectivity index (χ0v) is 35.0. The van der Waals surface area contributed by atoms with Crippen molar-refractivity contribution in [1.29, 1.82) is 0 Å². The van der Waals surface area contributed by atoms with Gasteiger partial charge in [0, 0.05) is 50.9 Å². The van der Waals surface area contributed by atoms with Gasteiger partial charge in [-0.3, -0.25) is 24.3 Å². The Bertz CT molecular complexity index is 2160. The first-order valence-electron chi connectivity index (χ1n) is 21.3. The Balaban J connectivity index is 1.13. The highest BCUT2D eigenvalue weighted by atomic mass is 16.5. The van der Waals surface area contributed by atoms with Gasteiger partial charge < -0.3 is 31.1 Å². The monoisotopic (exact) mass is 826 g/mol. The lowest BCUT2D eigenvalue weighted by atomic mass is 9.95. The zero-order valence-electron chi connectivity index (χ0n) is 35.0. The fraction of sp³-hybridized carbons (Fsp3) is 0.367. The fourth-order valence-electron chi connectivity index (χ4n) is 7.84. The molecule has 12 nitrogen and oxygen atoms in total. The fourth-order valence-corrected chi connectivity index (χ4v) is 7.84. The molecule has 1 saturated heterocycles. The molecule has 1 aliphatic heterocycles. The summed E-state index contributed by atoms with van der Waals surface area (Å²) in [6.45, 7) is 6.53. The molecule has 4 amide bonds. The number of aliphatic hydroxyl groups is 1. The molecule has 1 unspecified atom stereocenters. The van der Waals surface area contributed by atoms with Crippen molar-refractivity contribution in [1.82, 2.24) is 31.2 Å². The quantitative estimate of drug-likeness (QED) is 0.0692. The number of aromatic nitrogens is 1. The summed E-state index contributed by atoms with van der Waals surface area (Å²) >= 11 is 0. The van der Waals surface area contributed by atoms with Crippen molar-refractivity contribution in [2.75, 3.05) is 13.1 Å². The molecule has 0 aliphatic carbocycles. The molecule has 4 aromatic carbocycles. The third-order valence-electron chi connectivity index (χ3n) is 11.0. The maximum absolute atomic E-state index is 14.4. The Morgan fingerprint density at radius 3 is 2.08 bits per heavy atom. The van der Waals surface area contributed by atoms with Gasteiger partial charge >= 0.3 is 6.09 Å². The lowest BCUT2D eigenvalue weighted by Crippen LogP contribution is -2.57. The number of benzene rings is 4. The number of carbonyl (C=O) groups is 4. The lowest BCUT2D eigenvalue weighted by Gasteiger charge is -2.33. The molecule has 0 bridgehead atoms. The summed E-state index contributed by atoms with van der Waals surface area (Å²) in [7, 11) is 0. The second-order valence-electron chi connectivity index (χ2n) is 16.3. The largest absolute Gasteiger partial charge is 0.445 e. The summed E-state index contributed by atoms with van der Waals surface area (Å²) in [4.78, 5) is 61.8. The molecule has 61 heavy (non-hydrogen) atoms. The van der Waals surface area contributed by atoms with Crippen molar-refractivity contribution in [2.45, 2.75) is 95.8 Å². The van der Waals surface area contributed by atoms with Crippen LogP contribution in [0.3, 0.4) is 0 Å². The van der Waals surface area contributed by atoms with Crippen LogP contribution in [0.25, 0.3) is 10.8 Å². The number of piperidine rings is 1. The van der Waals surface area contributed by atoms with Crippen molar-refractivity contribution in [2.24, 2.45) is 5.92 Å². The molecule has 12 heteroatoms. The molecule has 1 aliphatic rings. The van der Waals surface area contributed by atoms with Gasteiger partial charge in [-0.05, 0) is 64.3 Å². The number of amides is 4. The second-order valence-corrected chi connectivity index (χ2v) is 16.3. The number of carbonyl (C=O) groups excluding carboxylic acids is 4. The van der Waals surface area contributed by atoms with Gasteiger partial charge in [-0.1, -0.05) is 123 Å². The summed E-state index contributed by atoms with van der Waals surface area (Å²) < 4.78 is 5.52. The Hall–Kier alpha value is -6.11. The van der Waals surface area contributed by atoms with E-state index in [0.29, 0.717) is 12.0 Å². The first-order chi connectivity index (χ1) is 29.6. The van der Waals surface area contributed by atoms with Crippen LogP contribution in [0, 0.1) is 5.92 Å².